The smallest absolute Gasteiger partial charge is 0.394 e. The van der Waals surface area contributed by atoms with Crippen molar-refractivity contribution in [3.8, 4) is 0 Å². The second-order valence-corrected chi connectivity index (χ2v) is 1.34. The Hall–Kier alpha value is 0.919. The SMILES string of the molecule is Cl.O.O.O.O.O.O.O.O=S(=O)(O)O.[Fe].[Fe]. The maximum Gasteiger partial charge on any atom is 0.394 e. The number of hydrogen-bond acceptors (Lipinski definition) is 2. The first-order valence-corrected chi connectivity index (χ1v) is 2.10. The molecule has 0 aliphatic heterocycles. The van der Waals surface area contributed by atoms with Gasteiger partial charge in [-0.05, 0) is 0 Å². The average molecular weight is 372 g/mol. The van der Waals surface area contributed by atoms with Gasteiger partial charge in [0.1, 0.15) is 0 Å². The summed E-state index contributed by atoms with van der Waals surface area (Å²) >= 11 is 0. The molecule has 0 fully saturated rings. The van der Waals surface area contributed by atoms with Crippen LogP contribution >= 0.6 is 12.4 Å². The van der Waals surface area contributed by atoms with E-state index in [1.807, 2.05) is 0 Å². The summed E-state index contributed by atoms with van der Waals surface area (Å²) in [4.78, 5) is 0. The van der Waals surface area contributed by atoms with Crippen molar-refractivity contribution in [2.45, 2.75) is 0 Å². The third-order valence-corrected chi connectivity index (χ3v) is 0. The first-order chi connectivity index (χ1) is 2.00. The summed E-state index contributed by atoms with van der Waals surface area (Å²) in [6.45, 7) is 0. The molecule has 0 amide bonds. The van der Waals surface area contributed by atoms with Crippen molar-refractivity contribution < 1.29 is 90.0 Å². The van der Waals surface area contributed by atoms with Crippen LogP contribution in [-0.2, 0) is 44.5 Å². The predicted molar refractivity (Wildman–Crippen MR) is 46.7 cm³/mol. The molecule has 0 aromatic carbocycles. The Morgan fingerprint density at radius 3 is 0.600 bits per heavy atom. The third kappa shape index (κ3) is 2950. The molecular formula is H17ClFe2O11S. The first kappa shape index (κ1) is 146. The van der Waals surface area contributed by atoms with E-state index in [9.17, 15) is 0 Å². The van der Waals surface area contributed by atoms with E-state index >= 15 is 0 Å². The van der Waals surface area contributed by atoms with Crippen molar-refractivity contribution >= 4 is 22.8 Å². The Bertz CT molecular complexity index is 102. The van der Waals surface area contributed by atoms with E-state index in [0.29, 0.717) is 0 Å². The van der Waals surface area contributed by atoms with Gasteiger partial charge in [-0.15, -0.1) is 12.4 Å². The van der Waals surface area contributed by atoms with Crippen molar-refractivity contribution in [3.63, 3.8) is 0 Å². The molecule has 0 bridgehead atoms. The van der Waals surface area contributed by atoms with Gasteiger partial charge in [-0.1, -0.05) is 0 Å². The average Bonchev–Trinajstić information content (AvgIpc) is 0.722. The van der Waals surface area contributed by atoms with Gasteiger partial charge in [-0.25, -0.2) is 0 Å². The van der Waals surface area contributed by atoms with Crippen molar-refractivity contribution in [2.24, 2.45) is 0 Å². The standard InChI is InChI=1S/ClH.2Fe.H2O4S.7H2O/c;;;1-5(2,3)4;;;;;;;/h1H;;;(H2,1,2,3,4);7*1H2. The minimum Gasteiger partial charge on any atom is -0.412 e. The molecule has 0 unspecified atom stereocenters. The van der Waals surface area contributed by atoms with Crippen LogP contribution in [0.1, 0.15) is 0 Å². The first-order valence-electron chi connectivity index (χ1n) is 0.698. The summed E-state index contributed by atoms with van der Waals surface area (Å²) in [5.74, 6) is 0. The molecule has 16 N–H and O–H groups in total. The van der Waals surface area contributed by atoms with E-state index < -0.39 is 10.4 Å². The molecule has 0 atom stereocenters. The number of hydrogen-bond donors (Lipinski definition) is 2. The quantitative estimate of drug-likeness (QED) is 0.309. The van der Waals surface area contributed by atoms with Crippen LogP contribution in [0, 0.1) is 0 Å². The van der Waals surface area contributed by atoms with Crippen molar-refractivity contribution in [1.29, 1.82) is 0 Å². The minimum atomic E-state index is -4.67. The van der Waals surface area contributed by atoms with Crippen LogP contribution in [0.2, 0.25) is 0 Å². The van der Waals surface area contributed by atoms with E-state index in [0.717, 1.165) is 0 Å². The van der Waals surface area contributed by atoms with E-state index in [4.69, 9.17) is 17.5 Å². The molecule has 0 spiro atoms. The monoisotopic (exact) mass is 372 g/mol. The van der Waals surface area contributed by atoms with Gasteiger partial charge in [-0.2, -0.15) is 8.42 Å². The second-order valence-electron chi connectivity index (χ2n) is 0.448. The van der Waals surface area contributed by atoms with Gasteiger partial charge in [0.2, 0.25) is 0 Å². The number of rotatable bonds is 0. The fraction of sp³-hybridized carbons (Fsp3) is 0. The molecular weight excluding hydrogens is 355 g/mol. The summed E-state index contributed by atoms with van der Waals surface area (Å²) in [5.41, 5.74) is 0. The zero-order valence-electron chi connectivity index (χ0n) is 6.73. The summed E-state index contributed by atoms with van der Waals surface area (Å²) in [5, 5.41) is 0. The molecule has 112 valence electrons. The molecule has 0 aromatic heterocycles. The largest absolute Gasteiger partial charge is 0.412 e. The van der Waals surface area contributed by atoms with Gasteiger partial charge >= 0.3 is 10.4 Å². The Kier molecular flexibility index (Phi) is 589. The van der Waals surface area contributed by atoms with Crippen LogP contribution in [0.5, 0.6) is 0 Å². The van der Waals surface area contributed by atoms with E-state index in [1.165, 1.54) is 0 Å². The van der Waals surface area contributed by atoms with Crippen LogP contribution in [0.25, 0.3) is 0 Å². The molecule has 0 heterocycles. The fourth-order valence-electron chi connectivity index (χ4n) is 0. The van der Waals surface area contributed by atoms with Crippen LogP contribution < -0.4 is 0 Å². The van der Waals surface area contributed by atoms with Crippen molar-refractivity contribution in [2.75, 3.05) is 0 Å². The normalized spacial score (nSPS) is 3.87. The van der Waals surface area contributed by atoms with E-state index in [1.54, 1.807) is 0 Å². The second kappa shape index (κ2) is 60.4. The summed E-state index contributed by atoms with van der Waals surface area (Å²) < 4.78 is 31.6. The fourth-order valence-corrected chi connectivity index (χ4v) is 0. The van der Waals surface area contributed by atoms with Gasteiger partial charge in [0.25, 0.3) is 0 Å². The zero-order chi connectivity index (χ0) is 4.50. The summed E-state index contributed by atoms with van der Waals surface area (Å²) in [6.07, 6.45) is 0. The maximum atomic E-state index is 8.74. The van der Waals surface area contributed by atoms with Crippen LogP contribution in [0.15, 0.2) is 0 Å². The molecule has 0 rings (SSSR count). The summed E-state index contributed by atoms with van der Waals surface area (Å²) in [6, 6.07) is 0. The van der Waals surface area contributed by atoms with Crippen LogP contribution in [0.4, 0.5) is 0 Å². The Morgan fingerprint density at radius 2 is 0.600 bits per heavy atom. The van der Waals surface area contributed by atoms with Gasteiger partial charge in [0.15, 0.2) is 0 Å². The van der Waals surface area contributed by atoms with Gasteiger partial charge in [-0.3, -0.25) is 9.11 Å². The van der Waals surface area contributed by atoms with E-state index in [2.05, 4.69) is 0 Å². The van der Waals surface area contributed by atoms with Gasteiger partial charge < -0.3 is 38.3 Å². The topological polar surface area (TPSA) is 295 Å². The number of halogens is 1. The van der Waals surface area contributed by atoms with Crippen molar-refractivity contribution in [3.05, 3.63) is 0 Å². The Labute approximate surface area is 113 Å². The van der Waals surface area contributed by atoms with Gasteiger partial charge in [0, 0.05) is 34.1 Å². The Morgan fingerprint density at radius 1 is 0.600 bits per heavy atom. The maximum absolute atomic E-state index is 8.74. The molecule has 0 saturated carbocycles. The minimum absolute atomic E-state index is 0. The zero-order valence-corrected chi connectivity index (χ0v) is 10.6. The molecule has 11 nitrogen and oxygen atoms in total. The third-order valence-electron chi connectivity index (χ3n) is 0. The van der Waals surface area contributed by atoms with Crippen LogP contribution in [-0.4, -0.2) is 55.9 Å². The Balaban J connectivity index is -0.00000000178. The molecule has 15 heavy (non-hydrogen) atoms. The predicted octanol–water partition coefficient (Wildman–Crippen LogP) is -6.01. The molecule has 0 radical (unpaired) electrons. The molecule has 0 aromatic rings. The van der Waals surface area contributed by atoms with Crippen LogP contribution in [0.3, 0.4) is 0 Å². The summed E-state index contributed by atoms with van der Waals surface area (Å²) in [7, 11) is -4.67. The van der Waals surface area contributed by atoms with Gasteiger partial charge in [0.05, 0.1) is 0 Å². The molecule has 0 saturated heterocycles. The van der Waals surface area contributed by atoms with E-state index in [-0.39, 0.29) is 84.9 Å². The molecule has 15 heteroatoms. The van der Waals surface area contributed by atoms with Crippen molar-refractivity contribution in [1.82, 2.24) is 0 Å². The molecule has 0 aliphatic carbocycles. The molecule has 0 aliphatic rings.